The molecule has 0 bridgehead atoms. The van der Waals surface area contributed by atoms with Crippen molar-refractivity contribution in [3.8, 4) is 16.9 Å². The van der Waals surface area contributed by atoms with Crippen LogP contribution in [0, 0.1) is 17.0 Å². The van der Waals surface area contributed by atoms with Gasteiger partial charge in [-0.05, 0) is 48.9 Å². The van der Waals surface area contributed by atoms with Crippen molar-refractivity contribution in [2.45, 2.75) is 20.3 Å². The maximum atomic E-state index is 13.1. The van der Waals surface area contributed by atoms with Gasteiger partial charge in [-0.15, -0.1) is 0 Å². The summed E-state index contributed by atoms with van der Waals surface area (Å²) in [7, 11) is 0. The minimum absolute atomic E-state index is 0.00656. The molecule has 4 aromatic rings. The zero-order valence-corrected chi connectivity index (χ0v) is 19.2. The van der Waals surface area contributed by atoms with E-state index in [-0.39, 0.29) is 23.9 Å². The van der Waals surface area contributed by atoms with Crippen molar-refractivity contribution in [1.82, 2.24) is 9.78 Å². The van der Waals surface area contributed by atoms with E-state index >= 15 is 0 Å². The summed E-state index contributed by atoms with van der Waals surface area (Å²) in [5.74, 6) is -0.535. The molecular weight excluding hydrogens is 446 g/mol. The van der Waals surface area contributed by atoms with Crippen molar-refractivity contribution in [3.63, 3.8) is 0 Å². The predicted molar refractivity (Wildman–Crippen MR) is 133 cm³/mol. The highest BCUT2D eigenvalue weighted by molar-refractivity contribution is 6.00. The predicted octanol–water partition coefficient (Wildman–Crippen LogP) is 4.90. The molecule has 3 aromatic carbocycles. The van der Waals surface area contributed by atoms with Gasteiger partial charge in [0, 0.05) is 36.4 Å². The number of aromatic nitrogens is 2. The van der Waals surface area contributed by atoms with Crippen LogP contribution in [0.1, 0.15) is 18.1 Å². The first-order valence-electron chi connectivity index (χ1n) is 10.9. The number of rotatable bonds is 7. The number of para-hydroxylation sites is 1. The van der Waals surface area contributed by atoms with Crippen LogP contribution in [0.2, 0.25) is 0 Å². The smallest absolute Gasteiger partial charge is 0.269 e. The van der Waals surface area contributed by atoms with E-state index in [9.17, 15) is 19.7 Å². The number of amides is 2. The Balaban J connectivity index is 1.66. The third-order valence-corrected chi connectivity index (χ3v) is 5.27. The molecule has 0 fully saturated rings. The number of hydrogen-bond donors (Lipinski definition) is 2. The van der Waals surface area contributed by atoms with Crippen LogP contribution >= 0.6 is 0 Å². The van der Waals surface area contributed by atoms with Crippen LogP contribution in [0.25, 0.3) is 16.9 Å². The second-order valence-electron chi connectivity index (χ2n) is 8.04. The van der Waals surface area contributed by atoms with Gasteiger partial charge in [-0.25, -0.2) is 4.68 Å². The van der Waals surface area contributed by atoms with Crippen LogP contribution < -0.4 is 10.6 Å². The molecule has 0 spiro atoms. The van der Waals surface area contributed by atoms with Crippen LogP contribution in [-0.2, 0) is 16.0 Å². The number of nitrogens with one attached hydrogen (secondary N) is 2. The van der Waals surface area contributed by atoms with Crippen molar-refractivity contribution in [2.24, 2.45) is 0 Å². The van der Waals surface area contributed by atoms with E-state index in [0.717, 1.165) is 11.3 Å². The summed E-state index contributed by atoms with van der Waals surface area (Å²) in [5, 5.41) is 21.3. The van der Waals surface area contributed by atoms with Crippen LogP contribution in [0.5, 0.6) is 0 Å². The molecule has 1 heterocycles. The van der Waals surface area contributed by atoms with Gasteiger partial charge in [-0.2, -0.15) is 5.10 Å². The molecule has 0 aliphatic carbocycles. The Bertz CT molecular complexity index is 1400. The number of carbonyl (C=O) groups excluding carboxylic acids is 2. The molecule has 2 amide bonds. The lowest BCUT2D eigenvalue weighted by Crippen LogP contribution is -2.17. The van der Waals surface area contributed by atoms with E-state index in [0.29, 0.717) is 28.2 Å². The highest BCUT2D eigenvalue weighted by Crippen LogP contribution is 2.28. The Hall–Kier alpha value is -4.79. The monoisotopic (exact) mass is 469 g/mol. The highest BCUT2D eigenvalue weighted by atomic mass is 16.6. The lowest BCUT2D eigenvalue weighted by molar-refractivity contribution is -0.384. The maximum Gasteiger partial charge on any atom is 0.269 e. The molecule has 0 atom stereocenters. The molecule has 0 aliphatic rings. The Morgan fingerprint density at radius 2 is 1.69 bits per heavy atom. The van der Waals surface area contributed by atoms with E-state index < -0.39 is 4.92 Å². The minimum Gasteiger partial charge on any atom is -0.325 e. The number of hydrogen-bond acceptors (Lipinski definition) is 5. The standard InChI is InChI=1S/C26H23N5O4/c1-17-8-13-23(27-18(2)32)24(14-17)28-25(33)15-20-16-30(21-6-4-3-5-7-21)29-26(20)19-9-11-22(12-10-19)31(34)35/h3-14,16H,15H2,1-2H3,(H,27,32)(H,28,33). The van der Waals surface area contributed by atoms with Gasteiger partial charge in [0.05, 0.1) is 34.1 Å². The van der Waals surface area contributed by atoms with Crippen LogP contribution in [0.3, 0.4) is 0 Å². The summed E-state index contributed by atoms with van der Waals surface area (Å²) < 4.78 is 1.68. The number of nitro benzene ring substituents is 1. The van der Waals surface area contributed by atoms with Gasteiger partial charge in [-0.1, -0.05) is 24.3 Å². The number of nitro groups is 1. The van der Waals surface area contributed by atoms with Gasteiger partial charge < -0.3 is 10.6 Å². The van der Waals surface area contributed by atoms with Crippen molar-refractivity contribution in [2.75, 3.05) is 10.6 Å². The van der Waals surface area contributed by atoms with E-state index in [1.165, 1.54) is 19.1 Å². The average Bonchev–Trinajstić information content (AvgIpc) is 3.25. The SMILES string of the molecule is CC(=O)Nc1ccc(C)cc1NC(=O)Cc1cn(-c2ccccc2)nc1-c1ccc([N+](=O)[O-])cc1. The zero-order valence-electron chi connectivity index (χ0n) is 19.2. The number of aryl methyl sites for hydroxylation is 1. The number of carbonyl (C=O) groups is 2. The fraction of sp³-hybridized carbons (Fsp3) is 0.115. The molecule has 176 valence electrons. The Morgan fingerprint density at radius 1 is 0.971 bits per heavy atom. The molecule has 35 heavy (non-hydrogen) atoms. The second-order valence-corrected chi connectivity index (χ2v) is 8.04. The quantitative estimate of drug-likeness (QED) is 0.295. The number of anilines is 2. The summed E-state index contributed by atoms with van der Waals surface area (Å²) in [6, 6.07) is 20.9. The van der Waals surface area contributed by atoms with Crippen LogP contribution in [-0.4, -0.2) is 26.5 Å². The normalized spacial score (nSPS) is 10.6. The highest BCUT2D eigenvalue weighted by Gasteiger charge is 2.18. The van der Waals surface area contributed by atoms with Gasteiger partial charge in [0.2, 0.25) is 11.8 Å². The van der Waals surface area contributed by atoms with Crippen LogP contribution in [0.4, 0.5) is 17.1 Å². The van der Waals surface area contributed by atoms with E-state index in [1.54, 1.807) is 35.1 Å². The largest absolute Gasteiger partial charge is 0.325 e. The van der Waals surface area contributed by atoms with Gasteiger partial charge in [0.1, 0.15) is 0 Å². The molecule has 1 aromatic heterocycles. The van der Waals surface area contributed by atoms with Crippen molar-refractivity contribution >= 4 is 28.9 Å². The first kappa shape index (κ1) is 23.4. The van der Waals surface area contributed by atoms with Gasteiger partial charge in [0.15, 0.2) is 0 Å². The first-order chi connectivity index (χ1) is 16.8. The van der Waals surface area contributed by atoms with Crippen molar-refractivity contribution in [1.29, 1.82) is 0 Å². The summed E-state index contributed by atoms with van der Waals surface area (Å²) in [5.41, 5.74) is 4.57. The van der Waals surface area contributed by atoms with E-state index in [2.05, 4.69) is 15.7 Å². The average molecular weight is 470 g/mol. The minimum atomic E-state index is -0.463. The topological polar surface area (TPSA) is 119 Å². The number of nitrogens with zero attached hydrogens (tertiary/aromatic N) is 3. The Morgan fingerprint density at radius 3 is 2.34 bits per heavy atom. The lowest BCUT2D eigenvalue weighted by Gasteiger charge is -2.12. The Kier molecular flexibility index (Phi) is 6.68. The molecule has 0 unspecified atom stereocenters. The third kappa shape index (κ3) is 5.59. The van der Waals surface area contributed by atoms with Gasteiger partial charge >= 0.3 is 0 Å². The summed E-state index contributed by atoms with van der Waals surface area (Å²) >= 11 is 0. The number of benzene rings is 3. The molecule has 0 saturated heterocycles. The maximum absolute atomic E-state index is 13.1. The van der Waals surface area contributed by atoms with E-state index in [4.69, 9.17) is 0 Å². The third-order valence-electron chi connectivity index (χ3n) is 5.27. The lowest BCUT2D eigenvalue weighted by atomic mass is 10.1. The molecule has 2 N–H and O–H groups in total. The van der Waals surface area contributed by atoms with Crippen molar-refractivity contribution in [3.05, 3.63) is 100 Å². The molecule has 9 heteroatoms. The second kappa shape index (κ2) is 10.0. The molecule has 0 aliphatic heterocycles. The van der Waals surface area contributed by atoms with E-state index in [1.807, 2.05) is 43.3 Å². The summed E-state index contributed by atoms with van der Waals surface area (Å²) in [6.07, 6.45) is 1.78. The molecule has 9 nitrogen and oxygen atoms in total. The molecular formula is C26H23N5O4. The summed E-state index contributed by atoms with van der Waals surface area (Å²) in [4.78, 5) is 35.2. The number of non-ortho nitro benzene ring substituents is 1. The first-order valence-corrected chi connectivity index (χ1v) is 10.9. The fourth-order valence-corrected chi connectivity index (χ4v) is 3.66. The molecule has 0 saturated carbocycles. The molecule has 4 rings (SSSR count). The fourth-order valence-electron chi connectivity index (χ4n) is 3.66. The van der Waals surface area contributed by atoms with Crippen LogP contribution in [0.15, 0.2) is 79.0 Å². The molecule has 0 radical (unpaired) electrons. The van der Waals surface area contributed by atoms with Crippen molar-refractivity contribution < 1.29 is 14.5 Å². The summed E-state index contributed by atoms with van der Waals surface area (Å²) in [6.45, 7) is 3.30. The Labute approximate surface area is 201 Å². The van der Waals surface area contributed by atoms with Gasteiger partial charge in [0.25, 0.3) is 5.69 Å². The zero-order chi connectivity index (χ0) is 24.9. The van der Waals surface area contributed by atoms with Gasteiger partial charge in [-0.3, -0.25) is 19.7 Å².